The minimum Gasteiger partial charge on any atom is -0.314 e. The summed E-state index contributed by atoms with van der Waals surface area (Å²) in [5, 5.41) is 3.47. The molecular formula is C14H27F3N2. The fraction of sp³-hybridized carbons (Fsp3) is 1.00. The Hall–Kier alpha value is -0.290. The average Bonchev–Trinajstić information content (AvgIpc) is 2.33. The Bertz CT molecular complexity index is 246. The standard InChI is InChI=1S/C14H27F3N2/c1-4-9-18-12-5-7-13(8-6-12)19(11(2)3)10-14(15,16)17/h11-13,18H,4-10H2,1-3H3. The van der Waals surface area contributed by atoms with Crippen LogP contribution in [-0.2, 0) is 0 Å². The molecule has 0 heterocycles. The first kappa shape index (κ1) is 16.8. The van der Waals surface area contributed by atoms with Crippen LogP contribution in [0.15, 0.2) is 0 Å². The highest BCUT2D eigenvalue weighted by Crippen LogP contribution is 2.28. The Kier molecular flexibility index (Phi) is 6.60. The molecule has 0 atom stereocenters. The molecule has 1 fully saturated rings. The summed E-state index contributed by atoms with van der Waals surface area (Å²) in [5.74, 6) is 0. The van der Waals surface area contributed by atoms with Crippen molar-refractivity contribution in [3.8, 4) is 0 Å². The predicted octanol–water partition coefficient (Wildman–Crippen LogP) is 3.57. The van der Waals surface area contributed by atoms with Crippen molar-refractivity contribution in [2.75, 3.05) is 13.1 Å². The van der Waals surface area contributed by atoms with Crippen molar-refractivity contribution in [2.45, 2.75) is 77.2 Å². The first-order valence-electron chi connectivity index (χ1n) is 7.39. The van der Waals surface area contributed by atoms with Crippen molar-refractivity contribution in [1.82, 2.24) is 10.2 Å². The van der Waals surface area contributed by atoms with E-state index >= 15 is 0 Å². The van der Waals surface area contributed by atoms with Crippen LogP contribution in [0.5, 0.6) is 0 Å². The van der Waals surface area contributed by atoms with E-state index in [1.807, 2.05) is 13.8 Å². The highest BCUT2D eigenvalue weighted by atomic mass is 19.4. The molecule has 0 bridgehead atoms. The van der Waals surface area contributed by atoms with Gasteiger partial charge in [0.25, 0.3) is 0 Å². The highest BCUT2D eigenvalue weighted by molar-refractivity contribution is 4.85. The van der Waals surface area contributed by atoms with Crippen LogP contribution in [0.4, 0.5) is 13.2 Å². The molecule has 1 N–H and O–H groups in total. The molecule has 1 aliphatic carbocycles. The molecule has 2 nitrogen and oxygen atoms in total. The SMILES string of the molecule is CCCNC1CCC(N(CC(F)(F)F)C(C)C)CC1. The molecule has 114 valence electrons. The minimum atomic E-state index is -4.10. The molecule has 0 radical (unpaired) electrons. The second-order valence-corrected chi connectivity index (χ2v) is 5.84. The Balaban J connectivity index is 2.46. The van der Waals surface area contributed by atoms with Crippen molar-refractivity contribution in [2.24, 2.45) is 0 Å². The number of nitrogens with one attached hydrogen (secondary N) is 1. The van der Waals surface area contributed by atoms with Gasteiger partial charge in [-0.3, -0.25) is 4.90 Å². The molecular weight excluding hydrogens is 253 g/mol. The molecule has 0 aromatic heterocycles. The van der Waals surface area contributed by atoms with Gasteiger partial charge in [-0.1, -0.05) is 6.92 Å². The van der Waals surface area contributed by atoms with Crippen LogP contribution in [-0.4, -0.2) is 42.3 Å². The monoisotopic (exact) mass is 280 g/mol. The predicted molar refractivity (Wildman–Crippen MR) is 72.2 cm³/mol. The van der Waals surface area contributed by atoms with Crippen LogP contribution < -0.4 is 5.32 Å². The third-order valence-corrected chi connectivity index (χ3v) is 3.87. The lowest BCUT2D eigenvalue weighted by molar-refractivity contribution is -0.156. The second-order valence-electron chi connectivity index (χ2n) is 5.84. The van der Waals surface area contributed by atoms with E-state index in [1.165, 1.54) is 0 Å². The van der Waals surface area contributed by atoms with E-state index in [4.69, 9.17) is 0 Å². The van der Waals surface area contributed by atoms with Crippen LogP contribution in [0, 0.1) is 0 Å². The van der Waals surface area contributed by atoms with Crippen LogP contribution in [0.2, 0.25) is 0 Å². The van der Waals surface area contributed by atoms with Gasteiger partial charge in [0.15, 0.2) is 0 Å². The topological polar surface area (TPSA) is 15.3 Å². The number of rotatable bonds is 6. The second kappa shape index (κ2) is 7.48. The molecule has 0 aromatic carbocycles. The molecule has 5 heteroatoms. The third kappa shape index (κ3) is 6.13. The normalized spacial score (nSPS) is 25.3. The molecule has 0 saturated heterocycles. The lowest BCUT2D eigenvalue weighted by Gasteiger charge is -2.39. The van der Waals surface area contributed by atoms with Gasteiger partial charge in [-0.2, -0.15) is 13.2 Å². The summed E-state index contributed by atoms with van der Waals surface area (Å²) in [6.07, 6.45) is 0.733. The number of nitrogens with zero attached hydrogens (tertiary/aromatic N) is 1. The summed E-state index contributed by atoms with van der Waals surface area (Å²) in [6.45, 7) is 6.07. The smallest absolute Gasteiger partial charge is 0.314 e. The van der Waals surface area contributed by atoms with Gasteiger partial charge < -0.3 is 5.32 Å². The van der Waals surface area contributed by atoms with Gasteiger partial charge >= 0.3 is 6.18 Å². The van der Waals surface area contributed by atoms with Crippen LogP contribution in [0.1, 0.15) is 52.9 Å². The summed E-state index contributed by atoms with van der Waals surface area (Å²) >= 11 is 0. The van der Waals surface area contributed by atoms with E-state index < -0.39 is 12.7 Å². The van der Waals surface area contributed by atoms with Gasteiger partial charge in [0.05, 0.1) is 6.54 Å². The maximum atomic E-state index is 12.6. The van der Waals surface area contributed by atoms with Gasteiger partial charge in [0, 0.05) is 18.1 Å². The van der Waals surface area contributed by atoms with Crippen LogP contribution in [0.25, 0.3) is 0 Å². The first-order chi connectivity index (χ1) is 8.83. The van der Waals surface area contributed by atoms with Crippen molar-refractivity contribution >= 4 is 0 Å². The van der Waals surface area contributed by atoms with Gasteiger partial charge in [0.2, 0.25) is 0 Å². The number of hydrogen-bond acceptors (Lipinski definition) is 2. The Labute approximate surface area is 114 Å². The largest absolute Gasteiger partial charge is 0.401 e. The summed E-state index contributed by atoms with van der Waals surface area (Å²) in [4.78, 5) is 1.62. The van der Waals surface area contributed by atoms with Crippen LogP contribution in [0.3, 0.4) is 0 Å². The maximum absolute atomic E-state index is 12.6. The highest BCUT2D eigenvalue weighted by Gasteiger charge is 2.36. The lowest BCUT2D eigenvalue weighted by Crippen LogP contribution is -2.49. The fourth-order valence-electron chi connectivity index (χ4n) is 2.90. The summed E-state index contributed by atoms with van der Waals surface area (Å²) in [7, 11) is 0. The zero-order valence-electron chi connectivity index (χ0n) is 12.3. The van der Waals surface area contributed by atoms with E-state index in [-0.39, 0.29) is 12.1 Å². The molecule has 1 rings (SSSR count). The maximum Gasteiger partial charge on any atom is 0.401 e. The molecule has 19 heavy (non-hydrogen) atoms. The quantitative estimate of drug-likeness (QED) is 0.800. The van der Waals surface area contributed by atoms with Gasteiger partial charge in [-0.25, -0.2) is 0 Å². The summed E-state index contributed by atoms with van der Waals surface area (Å²) < 4.78 is 37.8. The van der Waals surface area contributed by atoms with E-state index in [0.717, 1.165) is 38.6 Å². The minimum absolute atomic E-state index is 0.0493. The number of halogens is 3. The zero-order valence-corrected chi connectivity index (χ0v) is 12.3. The zero-order chi connectivity index (χ0) is 14.5. The van der Waals surface area contributed by atoms with Gasteiger partial charge in [-0.05, 0) is 52.5 Å². The molecule has 0 spiro atoms. The van der Waals surface area contributed by atoms with Gasteiger partial charge in [-0.15, -0.1) is 0 Å². The lowest BCUT2D eigenvalue weighted by atomic mass is 9.89. The molecule has 0 aliphatic heterocycles. The van der Waals surface area contributed by atoms with Gasteiger partial charge in [0.1, 0.15) is 0 Å². The van der Waals surface area contributed by atoms with E-state index in [2.05, 4.69) is 12.2 Å². The van der Waals surface area contributed by atoms with Crippen molar-refractivity contribution in [3.05, 3.63) is 0 Å². The molecule has 1 aliphatic rings. The number of alkyl halides is 3. The average molecular weight is 280 g/mol. The molecule has 1 saturated carbocycles. The van der Waals surface area contributed by atoms with Crippen molar-refractivity contribution in [1.29, 1.82) is 0 Å². The first-order valence-corrected chi connectivity index (χ1v) is 7.39. The molecule has 0 amide bonds. The van der Waals surface area contributed by atoms with Crippen molar-refractivity contribution in [3.63, 3.8) is 0 Å². The molecule has 0 aromatic rings. The van der Waals surface area contributed by atoms with Crippen LogP contribution >= 0.6 is 0 Å². The Morgan fingerprint density at radius 2 is 1.74 bits per heavy atom. The Morgan fingerprint density at radius 1 is 1.16 bits per heavy atom. The fourth-order valence-corrected chi connectivity index (χ4v) is 2.90. The third-order valence-electron chi connectivity index (χ3n) is 3.87. The summed E-state index contributed by atoms with van der Waals surface area (Å²) in [6, 6.07) is 0.532. The van der Waals surface area contributed by atoms with E-state index in [1.54, 1.807) is 4.90 Å². The molecule has 0 unspecified atom stereocenters. The summed E-state index contributed by atoms with van der Waals surface area (Å²) in [5.41, 5.74) is 0. The van der Waals surface area contributed by atoms with Crippen molar-refractivity contribution < 1.29 is 13.2 Å². The number of hydrogen-bond donors (Lipinski definition) is 1. The van der Waals surface area contributed by atoms with E-state index in [0.29, 0.717) is 6.04 Å². The van der Waals surface area contributed by atoms with E-state index in [9.17, 15) is 13.2 Å². The Morgan fingerprint density at radius 3 is 2.16 bits per heavy atom.